The standard InChI is InChI=1S/C27H32N2O9/c1-15-23(29(25(15)31)17-12-20(34-6)24(36-8)21(13-17)35-7)16-9-10-18(33-5)19(11-16)37-22(30)14-28-26(32)38-27(2,3)4/h9-13,23H,1,14H2,2-8H3,(H,28,32)/t23-/m1/s1. The normalized spacial score (nSPS) is 14.8. The number of ether oxygens (including phenoxy) is 6. The lowest BCUT2D eigenvalue weighted by atomic mass is 9.88. The molecule has 1 aliphatic rings. The first-order valence-corrected chi connectivity index (χ1v) is 11.6. The summed E-state index contributed by atoms with van der Waals surface area (Å²) in [4.78, 5) is 38.7. The van der Waals surface area contributed by atoms with Gasteiger partial charge in [0, 0.05) is 17.7 Å². The summed E-state index contributed by atoms with van der Waals surface area (Å²) in [6.45, 7) is 8.63. The Kier molecular flexibility index (Phi) is 8.39. The van der Waals surface area contributed by atoms with Crippen molar-refractivity contribution in [1.29, 1.82) is 0 Å². The number of amides is 2. The molecule has 38 heavy (non-hydrogen) atoms. The fourth-order valence-corrected chi connectivity index (χ4v) is 3.86. The van der Waals surface area contributed by atoms with E-state index in [0.717, 1.165) is 0 Å². The van der Waals surface area contributed by atoms with Crippen LogP contribution < -0.4 is 33.9 Å². The molecule has 0 aromatic heterocycles. The van der Waals surface area contributed by atoms with Crippen LogP contribution in [0.2, 0.25) is 0 Å². The summed E-state index contributed by atoms with van der Waals surface area (Å²) in [5.41, 5.74) is 0.746. The van der Waals surface area contributed by atoms with Crippen LogP contribution in [0.15, 0.2) is 42.5 Å². The number of esters is 1. The van der Waals surface area contributed by atoms with E-state index in [4.69, 9.17) is 28.4 Å². The van der Waals surface area contributed by atoms with Crippen LogP contribution in [0.5, 0.6) is 28.7 Å². The average molecular weight is 529 g/mol. The minimum atomic E-state index is -0.750. The second kappa shape index (κ2) is 11.3. The van der Waals surface area contributed by atoms with Gasteiger partial charge in [-0.1, -0.05) is 12.6 Å². The molecule has 2 aromatic carbocycles. The summed E-state index contributed by atoms with van der Waals surface area (Å²) < 4.78 is 32.1. The number of carbonyl (C=O) groups excluding carboxylic acids is 3. The van der Waals surface area contributed by atoms with E-state index in [1.165, 1.54) is 33.3 Å². The number of nitrogens with zero attached hydrogens (tertiary/aromatic N) is 1. The fourth-order valence-electron chi connectivity index (χ4n) is 3.86. The molecule has 1 fully saturated rings. The van der Waals surface area contributed by atoms with Crippen LogP contribution in [0, 0.1) is 0 Å². The van der Waals surface area contributed by atoms with Crippen LogP contribution in [0.4, 0.5) is 10.5 Å². The van der Waals surface area contributed by atoms with Crippen molar-refractivity contribution < 1.29 is 42.8 Å². The van der Waals surface area contributed by atoms with E-state index < -0.39 is 30.3 Å². The van der Waals surface area contributed by atoms with E-state index in [-0.39, 0.29) is 17.4 Å². The monoisotopic (exact) mass is 528 g/mol. The highest BCUT2D eigenvalue weighted by molar-refractivity contribution is 6.15. The molecule has 1 saturated heterocycles. The average Bonchev–Trinajstić information content (AvgIpc) is 2.88. The highest BCUT2D eigenvalue weighted by Gasteiger charge is 2.43. The summed E-state index contributed by atoms with van der Waals surface area (Å²) in [6, 6.07) is 7.69. The lowest BCUT2D eigenvalue weighted by Gasteiger charge is -2.42. The minimum absolute atomic E-state index is 0.109. The molecule has 0 unspecified atom stereocenters. The Bertz CT molecular complexity index is 1220. The Morgan fingerprint density at radius 3 is 2.05 bits per heavy atom. The first-order chi connectivity index (χ1) is 17.9. The summed E-state index contributed by atoms with van der Waals surface area (Å²) >= 11 is 0. The summed E-state index contributed by atoms with van der Waals surface area (Å²) in [7, 11) is 5.89. The number of rotatable bonds is 9. The largest absolute Gasteiger partial charge is 0.493 e. The molecule has 0 bridgehead atoms. The number of carbonyl (C=O) groups is 3. The lowest BCUT2D eigenvalue weighted by Crippen LogP contribution is -2.48. The van der Waals surface area contributed by atoms with Gasteiger partial charge in [-0.3, -0.25) is 9.69 Å². The summed E-state index contributed by atoms with van der Waals surface area (Å²) in [5.74, 6) is 0.519. The van der Waals surface area contributed by atoms with Crippen molar-refractivity contribution >= 4 is 23.7 Å². The van der Waals surface area contributed by atoms with E-state index in [2.05, 4.69) is 11.9 Å². The third-order valence-corrected chi connectivity index (χ3v) is 5.51. The maximum absolute atomic E-state index is 12.9. The van der Waals surface area contributed by atoms with E-state index in [1.807, 2.05) is 0 Å². The van der Waals surface area contributed by atoms with Crippen molar-refractivity contribution in [3.63, 3.8) is 0 Å². The predicted molar refractivity (Wildman–Crippen MR) is 138 cm³/mol. The fraction of sp³-hybridized carbons (Fsp3) is 0.370. The van der Waals surface area contributed by atoms with Crippen LogP contribution in [-0.2, 0) is 14.3 Å². The maximum atomic E-state index is 12.9. The minimum Gasteiger partial charge on any atom is -0.493 e. The van der Waals surface area contributed by atoms with Crippen LogP contribution in [0.25, 0.3) is 0 Å². The van der Waals surface area contributed by atoms with Crippen molar-refractivity contribution in [3.05, 3.63) is 48.0 Å². The molecule has 1 heterocycles. The van der Waals surface area contributed by atoms with Gasteiger partial charge in [0.1, 0.15) is 12.1 Å². The van der Waals surface area contributed by atoms with E-state index in [0.29, 0.717) is 34.1 Å². The molecule has 1 aliphatic heterocycles. The molecule has 0 aliphatic carbocycles. The van der Waals surface area contributed by atoms with Gasteiger partial charge in [-0.25, -0.2) is 9.59 Å². The van der Waals surface area contributed by atoms with Gasteiger partial charge < -0.3 is 33.7 Å². The van der Waals surface area contributed by atoms with Crippen LogP contribution in [-0.4, -0.2) is 58.6 Å². The molecule has 204 valence electrons. The Hall–Kier alpha value is -4.41. The molecule has 2 amide bonds. The molecule has 11 nitrogen and oxygen atoms in total. The second-order valence-electron chi connectivity index (χ2n) is 9.23. The van der Waals surface area contributed by atoms with E-state index in [9.17, 15) is 14.4 Å². The van der Waals surface area contributed by atoms with Gasteiger partial charge in [-0.15, -0.1) is 0 Å². The number of alkyl carbamates (subject to hydrolysis) is 1. The molecule has 0 spiro atoms. The summed E-state index contributed by atoms with van der Waals surface area (Å²) in [5, 5.41) is 2.35. The molecule has 0 radical (unpaired) electrons. The van der Waals surface area contributed by atoms with Crippen molar-refractivity contribution in [2.24, 2.45) is 0 Å². The molecule has 2 aromatic rings. The third-order valence-electron chi connectivity index (χ3n) is 5.51. The van der Waals surface area contributed by atoms with Gasteiger partial charge in [-0.2, -0.15) is 0 Å². The number of hydrogen-bond donors (Lipinski definition) is 1. The van der Waals surface area contributed by atoms with Crippen molar-refractivity contribution in [3.8, 4) is 28.7 Å². The highest BCUT2D eigenvalue weighted by Crippen LogP contribution is 2.48. The SMILES string of the molecule is C=C1C(=O)N(c2cc(OC)c(OC)c(OC)c2)[C@H]1c1ccc(OC)c(OC(=O)CNC(=O)OC(C)(C)C)c1. The van der Waals surface area contributed by atoms with Crippen molar-refractivity contribution in [1.82, 2.24) is 5.32 Å². The van der Waals surface area contributed by atoms with Crippen LogP contribution >= 0.6 is 0 Å². The number of nitrogens with one attached hydrogen (secondary N) is 1. The summed E-state index contributed by atoms with van der Waals surface area (Å²) in [6.07, 6.45) is -0.750. The molecule has 1 N–H and O–H groups in total. The molecular formula is C27H32N2O9. The molecule has 1 atom stereocenters. The number of methoxy groups -OCH3 is 4. The number of anilines is 1. The van der Waals surface area contributed by atoms with Crippen LogP contribution in [0.3, 0.4) is 0 Å². The Morgan fingerprint density at radius 1 is 0.921 bits per heavy atom. The van der Waals surface area contributed by atoms with Crippen molar-refractivity contribution in [2.75, 3.05) is 39.9 Å². The number of β-lactam (4-membered cyclic amide) rings is 1. The third kappa shape index (κ3) is 5.93. The lowest BCUT2D eigenvalue weighted by molar-refractivity contribution is -0.133. The number of hydrogen-bond acceptors (Lipinski definition) is 9. The van der Waals surface area contributed by atoms with E-state index >= 15 is 0 Å². The zero-order chi connectivity index (χ0) is 28.2. The second-order valence-corrected chi connectivity index (χ2v) is 9.23. The van der Waals surface area contributed by atoms with E-state index in [1.54, 1.807) is 51.1 Å². The van der Waals surface area contributed by atoms with Gasteiger partial charge in [0.15, 0.2) is 23.0 Å². The van der Waals surface area contributed by atoms with Gasteiger partial charge >= 0.3 is 12.1 Å². The quantitative estimate of drug-likeness (QED) is 0.224. The molecular weight excluding hydrogens is 496 g/mol. The zero-order valence-corrected chi connectivity index (χ0v) is 22.5. The van der Waals surface area contributed by atoms with Crippen LogP contribution in [0.1, 0.15) is 32.4 Å². The number of benzene rings is 2. The highest BCUT2D eigenvalue weighted by atomic mass is 16.6. The van der Waals surface area contributed by atoms with Crippen molar-refractivity contribution in [2.45, 2.75) is 32.4 Å². The predicted octanol–water partition coefficient (Wildman–Crippen LogP) is 3.80. The Labute approximate surface area is 221 Å². The molecule has 3 rings (SSSR count). The molecule has 11 heteroatoms. The maximum Gasteiger partial charge on any atom is 0.408 e. The molecule has 0 saturated carbocycles. The first kappa shape index (κ1) is 28.2. The Morgan fingerprint density at radius 2 is 1.53 bits per heavy atom. The van der Waals surface area contributed by atoms with Gasteiger partial charge in [0.05, 0.1) is 40.2 Å². The van der Waals surface area contributed by atoms with Gasteiger partial charge in [0.2, 0.25) is 5.75 Å². The Balaban J connectivity index is 1.87. The van der Waals surface area contributed by atoms with Gasteiger partial charge in [-0.05, 0) is 38.5 Å². The topological polar surface area (TPSA) is 122 Å². The zero-order valence-electron chi connectivity index (χ0n) is 22.5. The first-order valence-electron chi connectivity index (χ1n) is 11.6. The van der Waals surface area contributed by atoms with Gasteiger partial charge in [0.25, 0.3) is 5.91 Å². The smallest absolute Gasteiger partial charge is 0.408 e.